The van der Waals surface area contributed by atoms with Gasteiger partial charge in [-0.05, 0) is 17.7 Å². The summed E-state index contributed by atoms with van der Waals surface area (Å²) in [5.41, 5.74) is 6.58. The molecule has 0 radical (unpaired) electrons. The number of methoxy groups -OCH3 is 1. The predicted octanol–water partition coefficient (Wildman–Crippen LogP) is -0.0162. The first kappa shape index (κ1) is 12.9. The standard InChI is InChI=1S/C11H19N3O2/c1-14(7-10(15)8-16-2)11-5-9(6-12)3-4-13-11/h3-5,10,15H,6-8,12H2,1-2H3. The van der Waals surface area contributed by atoms with E-state index < -0.39 is 6.10 Å². The third-order valence-electron chi connectivity index (χ3n) is 2.28. The topological polar surface area (TPSA) is 71.6 Å². The van der Waals surface area contributed by atoms with E-state index in [9.17, 15) is 5.11 Å². The molecule has 1 aromatic heterocycles. The maximum absolute atomic E-state index is 9.59. The Morgan fingerprint density at radius 1 is 1.62 bits per heavy atom. The van der Waals surface area contributed by atoms with E-state index in [4.69, 9.17) is 10.5 Å². The van der Waals surface area contributed by atoms with Crippen molar-refractivity contribution >= 4 is 5.82 Å². The molecule has 5 heteroatoms. The van der Waals surface area contributed by atoms with Crippen LogP contribution >= 0.6 is 0 Å². The Bertz CT molecular complexity index is 320. The lowest BCUT2D eigenvalue weighted by molar-refractivity contribution is 0.0694. The van der Waals surface area contributed by atoms with Gasteiger partial charge in [0.25, 0.3) is 0 Å². The molecular weight excluding hydrogens is 206 g/mol. The fourth-order valence-electron chi connectivity index (χ4n) is 1.45. The fraction of sp³-hybridized carbons (Fsp3) is 0.545. The molecule has 1 rings (SSSR count). The summed E-state index contributed by atoms with van der Waals surface area (Å²) in [4.78, 5) is 6.10. The van der Waals surface area contributed by atoms with E-state index in [2.05, 4.69) is 4.98 Å². The lowest BCUT2D eigenvalue weighted by Crippen LogP contribution is -2.32. The average molecular weight is 225 g/mol. The molecule has 0 saturated heterocycles. The van der Waals surface area contributed by atoms with Crippen LogP contribution in [0, 0.1) is 0 Å². The molecule has 0 aliphatic heterocycles. The number of aliphatic hydroxyl groups excluding tert-OH is 1. The van der Waals surface area contributed by atoms with E-state index in [0.29, 0.717) is 19.7 Å². The van der Waals surface area contributed by atoms with Crippen LogP contribution in [-0.4, -0.2) is 43.5 Å². The van der Waals surface area contributed by atoms with Crippen LogP contribution in [0.15, 0.2) is 18.3 Å². The van der Waals surface area contributed by atoms with E-state index in [-0.39, 0.29) is 0 Å². The Kier molecular flexibility index (Phi) is 5.18. The minimum absolute atomic E-state index is 0.320. The summed E-state index contributed by atoms with van der Waals surface area (Å²) in [6, 6.07) is 3.79. The van der Waals surface area contributed by atoms with Crippen molar-refractivity contribution in [1.29, 1.82) is 0 Å². The lowest BCUT2D eigenvalue weighted by atomic mass is 10.2. The maximum Gasteiger partial charge on any atom is 0.128 e. The first-order valence-electron chi connectivity index (χ1n) is 5.20. The molecule has 1 atom stereocenters. The SMILES string of the molecule is COCC(O)CN(C)c1cc(CN)ccn1. The van der Waals surface area contributed by atoms with E-state index in [1.54, 1.807) is 13.3 Å². The number of hydrogen-bond acceptors (Lipinski definition) is 5. The molecule has 1 heterocycles. The van der Waals surface area contributed by atoms with E-state index >= 15 is 0 Å². The van der Waals surface area contributed by atoms with E-state index in [0.717, 1.165) is 11.4 Å². The van der Waals surface area contributed by atoms with Crippen LogP contribution in [0.1, 0.15) is 5.56 Å². The molecule has 0 aromatic carbocycles. The molecule has 0 aliphatic carbocycles. The molecule has 0 bridgehead atoms. The van der Waals surface area contributed by atoms with Crippen molar-refractivity contribution < 1.29 is 9.84 Å². The van der Waals surface area contributed by atoms with Gasteiger partial charge >= 0.3 is 0 Å². The Hall–Kier alpha value is -1.17. The zero-order valence-electron chi connectivity index (χ0n) is 9.76. The molecule has 3 N–H and O–H groups in total. The zero-order valence-corrected chi connectivity index (χ0v) is 9.76. The number of rotatable bonds is 6. The number of aliphatic hydroxyl groups is 1. The van der Waals surface area contributed by atoms with Gasteiger partial charge in [-0.3, -0.25) is 0 Å². The van der Waals surface area contributed by atoms with Gasteiger partial charge < -0.3 is 20.5 Å². The number of nitrogens with zero attached hydrogens (tertiary/aromatic N) is 2. The predicted molar refractivity (Wildman–Crippen MR) is 63.3 cm³/mol. The van der Waals surface area contributed by atoms with Gasteiger partial charge in [-0.2, -0.15) is 0 Å². The number of nitrogens with two attached hydrogens (primary N) is 1. The first-order valence-corrected chi connectivity index (χ1v) is 5.20. The second kappa shape index (κ2) is 6.42. The monoisotopic (exact) mass is 225 g/mol. The van der Waals surface area contributed by atoms with Crippen LogP contribution in [0.25, 0.3) is 0 Å². The summed E-state index contributed by atoms with van der Waals surface area (Å²) >= 11 is 0. The summed E-state index contributed by atoms with van der Waals surface area (Å²) in [6.45, 7) is 1.29. The van der Waals surface area contributed by atoms with Crippen molar-refractivity contribution in [3.63, 3.8) is 0 Å². The summed E-state index contributed by atoms with van der Waals surface area (Å²) in [6.07, 6.45) is 1.20. The number of likely N-dealkylation sites (N-methyl/N-ethyl adjacent to an activating group) is 1. The smallest absolute Gasteiger partial charge is 0.128 e. The van der Waals surface area contributed by atoms with Crippen LogP contribution in [0.5, 0.6) is 0 Å². The minimum atomic E-state index is -0.515. The number of aromatic nitrogens is 1. The highest BCUT2D eigenvalue weighted by atomic mass is 16.5. The molecule has 0 amide bonds. The molecule has 90 valence electrons. The normalized spacial score (nSPS) is 12.5. The molecule has 0 fully saturated rings. The molecule has 0 saturated carbocycles. The fourth-order valence-corrected chi connectivity index (χ4v) is 1.45. The van der Waals surface area contributed by atoms with Crippen LogP contribution in [0.4, 0.5) is 5.82 Å². The average Bonchev–Trinajstić information content (AvgIpc) is 2.29. The van der Waals surface area contributed by atoms with Gasteiger partial charge in [0.1, 0.15) is 5.82 Å². The number of ether oxygens (including phenoxy) is 1. The van der Waals surface area contributed by atoms with Crippen molar-refractivity contribution in [2.75, 3.05) is 32.2 Å². The molecule has 0 spiro atoms. The molecule has 1 unspecified atom stereocenters. The van der Waals surface area contributed by atoms with Gasteiger partial charge in [0, 0.05) is 33.4 Å². The summed E-state index contributed by atoms with van der Waals surface area (Å²) < 4.78 is 4.87. The minimum Gasteiger partial charge on any atom is -0.389 e. The van der Waals surface area contributed by atoms with Crippen LogP contribution < -0.4 is 10.6 Å². The van der Waals surface area contributed by atoms with Gasteiger partial charge in [-0.1, -0.05) is 0 Å². The van der Waals surface area contributed by atoms with E-state index in [1.165, 1.54) is 0 Å². The Morgan fingerprint density at radius 2 is 2.38 bits per heavy atom. The van der Waals surface area contributed by atoms with Crippen molar-refractivity contribution in [3.8, 4) is 0 Å². The maximum atomic E-state index is 9.59. The Morgan fingerprint density at radius 3 is 3.00 bits per heavy atom. The summed E-state index contributed by atoms with van der Waals surface area (Å²) in [5, 5.41) is 9.59. The highest BCUT2D eigenvalue weighted by Crippen LogP contribution is 2.11. The molecule has 16 heavy (non-hydrogen) atoms. The first-order chi connectivity index (χ1) is 7.67. The number of pyridine rings is 1. The third-order valence-corrected chi connectivity index (χ3v) is 2.28. The van der Waals surface area contributed by atoms with Gasteiger partial charge in [0.05, 0.1) is 12.7 Å². The lowest BCUT2D eigenvalue weighted by Gasteiger charge is -2.21. The molecule has 5 nitrogen and oxygen atoms in total. The number of hydrogen-bond donors (Lipinski definition) is 2. The zero-order chi connectivity index (χ0) is 12.0. The summed E-state index contributed by atoms with van der Waals surface area (Å²) in [5.74, 6) is 0.804. The van der Waals surface area contributed by atoms with Gasteiger partial charge in [-0.25, -0.2) is 4.98 Å². The van der Waals surface area contributed by atoms with Crippen molar-refractivity contribution in [2.45, 2.75) is 12.6 Å². The molecular formula is C11H19N3O2. The van der Waals surface area contributed by atoms with Crippen LogP contribution in [0.2, 0.25) is 0 Å². The largest absolute Gasteiger partial charge is 0.389 e. The second-order valence-corrected chi connectivity index (χ2v) is 3.72. The van der Waals surface area contributed by atoms with Crippen molar-refractivity contribution in [1.82, 2.24) is 4.98 Å². The number of anilines is 1. The second-order valence-electron chi connectivity index (χ2n) is 3.72. The van der Waals surface area contributed by atoms with Crippen molar-refractivity contribution in [3.05, 3.63) is 23.9 Å². The highest BCUT2D eigenvalue weighted by Gasteiger charge is 2.09. The van der Waals surface area contributed by atoms with Gasteiger partial charge in [0.15, 0.2) is 0 Å². The Labute approximate surface area is 95.8 Å². The summed E-state index contributed by atoms with van der Waals surface area (Å²) in [7, 11) is 3.44. The highest BCUT2D eigenvalue weighted by molar-refractivity contribution is 5.40. The Balaban J connectivity index is 2.61. The van der Waals surface area contributed by atoms with Crippen molar-refractivity contribution in [2.24, 2.45) is 5.73 Å². The quantitative estimate of drug-likeness (QED) is 0.712. The van der Waals surface area contributed by atoms with Crippen LogP contribution in [0.3, 0.4) is 0 Å². The molecule has 0 aliphatic rings. The van der Waals surface area contributed by atoms with Gasteiger partial charge in [-0.15, -0.1) is 0 Å². The van der Waals surface area contributed by atoms with Crippen LogP contribution in [-0.2, 0) is 11.3 Å². The third kappa shape index (κ3) is 3.77. The van der Waals surface area contributed by atoms with E-state index in [1.807, 2.05) is 24.1 Å². The van der Waals surface area contributed by atoms with Gasteiger partial charge in [0.2, 0.25) is 0 Å². The molecule has 1 aromatic rings.